The van der Waals surface area contributed by atoms with Gasteiger partial charge in [0.2, 0.25) is 0 Å². The molecule has 5 nitrogen and oxygen atoms in total. The summed E-state index contributed by atoms with van der Waals surface area (Å²) in [6, 6.07) is 0. The molecule has 0 aliphatic carbocycles. The molecule has 0 heterocycles. The number of rotatable bonds is 4. The second kappa shape index (κ2) is 3.85. The lowest BCUT2D eigenvalue weighted by Crippen LogP contribution is -2.46. The van der Waals surface area contributed by atoms with Crippen LogP contribution in [0.3, 0.4) is 0 Å². The van der Waals surface area contributed by atoms with Gasteiger partial charge in [-0.2, -0.15) is 0 Å². The van der Waals surface area contributed by atoms with Crippen molar-refractivity contribution in [2.75, 3.05) is 13.2 Å². The second-order valence-electron chi connectivity index (χ2n) is 2.11. The highest BCUT2D eigenvalue weighted by Gasteiger charge is 2.32. The summed E-state index contributed by atoms with van der Waals surface area (Å²) in [6.45, 7) is -1.19. The molecule has 0 saturated carbocycles. The molecular formula is C5H12O5. The van der Waals surface area contributed by atoms with Crippen LogP contribution in [0, 0.1) is 0 Å². The fourth-order valence-corrected chi connectivity index (χ4v) is 0.483. The molecule has 0 fully saturated rings. The van der Waals surface area contributed by atoms with Gasteiger partial charge in [0.1, 0.15) is 5.60 Å². The fourth-order valence-electron chi connectivity index (χ4n) is 0.483. The van der Waals surface area contributed by atoms with Crippen molar-refractivity contribution in [1.29, 1.82) is 0 Å². The third-order valence-electron chi connectivity index (χ3n) is 1.30. The zero-order valence-electron chi connectivity index (χ0n) is 5.43. The van der Waals surface area contributed by atoms with Crippen LogP contribution in [0.4, 0.5) is 0 Å². The van der Waals surface area contributed by atoms with E-state index in [1.165, 1.54) is 0 Å². The lowest BCUT2D eigenvalue weighted by Gasteiger charge is -2.26. The molecule has 0 aromatic carbocycles. The first-order valence-corrected chi connectivity index (χ1v) is 2.87. The average molecular weight is 152 g/mol. The quantitative estimate of drug-likeness (QED) is 0.284. The van der Waals surface area contributed by atoms with E-state index in [9.17, 15) is 0 Å². The summed E-state index contributed by atoms with van der Waals surface area (Å²) in [5.41, 5.74) is -1.99. The lowest BCUT2D eigenvalue weighted by atomic mass is 10.0. The van der Waals surface area contributed by atoms with Crippen molar-refractivity contribution in [2.24, 2.45) is 0 Å². The monoisotopic (exact) mass is 152 g/mol. The third kappa shape index (κ3) is 2.20. The summed E-state index contributed by atoms with van der Waals surface area (Å²) < 4.78 is 0. The molecule has 5 N–H and O–H groups in total. The zero-order valence-corrected chi connectivity index (χ0v) is 5.43. The summed E-state index contributed by atoms with van der Waals surface area (Å²) in [7, 11) is 0. The zero-order chi connectivity index (χ0) is 8.20. The molecule has 0 radical (unpaired) electrons. The van der Waals surface area contributed by atoms with E-state index in [1.807, 2.05) is 0 Å². The van der Waals surface area contributed by atoms with Gasteiger partial charge in [-0.1, -0.05) is 0 Å². The van der Waals surface area contributed by atoms with Crippen molar-refractivity contribution in [3.63, 3.8) is 0 Å². The molecule has 0 aliphatic rings. The molecule has 1 unspecified atom stereocenters. The molecule has 0 amide bonds. The van der Waals surface area contributed by atoms with Gasteiger partial charge < -0.3 is 25.5 Å². The molecule has 0 saturated heterocycles. The summed E-state index contributed by atoms with van der Waals surface area (Å²) in [5.74, 6) is 0. The van der Waals surface area contributed by atoms with Gasteiger partial charge in [0.25, 0.3) is 0 Å². The maximum Gasteiger partial charge on any atom is 0.183 e. The Morgan fingerprint density at radius 1 is 1.20 bits per heavy atom. The standard InChI is InChI=1S/C5H12O5/c6-2-1-5(10,3-7)4(8)9/h4,6-10H,1-3H2. The van der Waals surface area contributed by atoms with E-state index in [2.05, 4.69) is 0 Å². The molecule has 0 aromatic heterocycles. The first kappa shape index (κ1) is 9.80. The Morgan fingerprint density at radius 2 is 1.70 bits per heavy atom. The van der Waals surface area contributed by atoms with Crippen molar-refractivity contribution in [1.82, 2.24) is 0 Å². The second-order valence-corrected chi connectivity index (χ2v) is 2.11. The van der Waals surface area contributed by atoms with Crippen LogP contribution >= 0.6 is 0 Å². The normalized spacial score (nSPS) is 17.4. The van der Waals surface area contributed by atoms with Gasteiger partial charge in [-0.25, -0.2) is 0 Å². The van der Waals surface area contributed by atoms with Gasteiger partial charge in [-0.3, -0.25) is 0 Å². The molecule has 0 aliphatic heterocycles. The maximum absolute atomic E-state index is 8.99. The minimum absolute atomic E-state index is 0.263. The molecule has 0 rings (SSSR count). The fraction of sp³-hybridized carbons (Fsp3) is 1.00. The SMILES string of the molecule is OCCC(O)(CO)C(O)O. The number of aliphatic hydroxyl groups is 5. The van der Waals surface area contributed by atoms with Crippen LogP contribution in [-0.4, -0.2) is 50.6 Å². The van der Waals surface area contributed by atoms with Crippen molar-refractivity contribution < 1.29 is 25.5 Å². The van der Waals surface area contributed by atoms with E-state index in [4.69, 9.17) is 25.5 Å². The molecule has 0 aromatic rings. The van der Waals surface area contributed by atoms with Crippen LogP contribution in [0.25, 0.3) is 0 Å². The first-order valence-electron chi connectivity index (χ1n) is 2.87. The third-order valence-corrected chi connectivity index (χ3v) is 1.30. The van der Waals surface area contributed by atoms with E-state index in [0.29, 0.717) is 0 Å². The predicted octanol–water partition coefficient (Wildman–Crippen LogP) is -2.60. The van der Waals surface area contributed by atoms with Crippen LogP contribution in [-0.2, 0) is 0 Å². The van der Waals surface area contributed by atoms with Gasteiger partial charge in [0.15, 0.2) is 6.29 Å². The molecule has 1 atom stereocenters. The Labute approximate surface area is 58.2 Å². The van der Waals surface area contributed by atoms with E-state index >= 15 is 0 Å². The molecule has 62 valence electrons. The van der Waals surface area contributed by atoms with E-state index in [0.717, 1.165) is 0 Å². The van der Waals surface area contributed by atoms with Gasteiger partial charge in [0.05, 0.1) is 6.61 Å². The highest BCUT2D eigenvalue weighted by Crippen LogP contribution is 2.11. The highest BCUT2D eigenvalue weighted by atomic mass is 16.5. The van der Waals surface area contributed by atoms with Crippen LogP contribution in [0.2, 0.25) is 0 Å². The van der Waals surface area contributed by atoms with E-state index < -0.39 is 25.1 Å². The van der Waals surface area contributed by atoms with Crippen LogP contribution in [0.15, 0.2) is 0 Å². The smallest absolute Gasteiger partial charge is 0.183 e. The van der Waals surface area contributed by atoms with E-state index in [-0.39, 0.29) is 6.42 Å². The minimum Gasteiger partial charge on any atom is -0.396 e. The maximum atomic E-state index is 8.99. The summed E-state index contributed by atoms with van der Waals surface area (Å²) in [4.78, 5) is 0. The van der Waals surface area contributed by atoms with Crippen molar-refractivity contribution >= 4 is 0 Å². The van der Waals surface area contributed by atoms with Crippen molar-refractivity contribution in [3.05, 3.63) is 0 Å². The van der Waals surface area contributed by atoms with Crippen molar-refractivity contribution in [3.8, 4) is 0 Å². The summed E-state index contributed by atoms with van der Waals surface area (Å²) in [5, 5.41) is 42.6. The van der Waals surface area contributed by atoms with Gasteiger partial charge in [-0.15, -0.1) is 0 Å². The number of aliphatic hydroxyl groups excluding tert-OH is 3. The first-order chi connectivity index (χ1) is 4.56. The van der Waals surface area contributed by atoms with Crippen molar-refractivity contribution in [2.45, 2.75) is 18.3 Å². The largest absolute Gasteiger partial charge is 0.396 e. The molecule has 0 bridgehead atoms. The Kier molecular flexibility index (Phi) is 3.77. The summed E-state index contributed by atoms with van der Waals surface area (Å²) in [6.07, 6.45) is -2.29. The predicted molar refractivity (Wildman–Crippen MR) is 32.0 cm³/mol. The Morgan fingerprint density at radius 3 is 1.80 bits per heavy atom. The number of hydrogen-bond acceptors (Lipinski definition) is 5. The highest BCUT2D eigenvalue weighted by molar-refractivity contribution is 4.78. The molecular weight excluding hydrogens is 140 g/mol. The van der Waals surface area contributed by atoms with Gasteiger partial charge in [-0.05, 0) is 0 Å². The number of hydrogen-bond donors (Lipinski definition) is 5. The van der Waals surface area contributed by atoms with E-state index in [1.54, 1.807) is 0 Å². The minimum atomic E-state index is -2.02. The summed E-state index contributed by atoms with van der Waals surface area (Å²) >= 11 is 0. The molecule has 0 spiro atoms. The molecule has 10 heavy (non-hydrogen) atoms. The van der Waals surface area contributed by atoms with Gasteiger partial charge in [0, 0.05) is 13.0 Å². The van der Waals surface area contributed by atoms with Crippen LogP contribution in [0.1, 0.15) is 6.42 Å². The average Bonchev–Trinajstić information content (AvgIpc) is 1.88. The van der Waals surface area contributed by atoms with Gasteiger partial charge >= 0.3 is 0 Å². The Balaban J connectivity index is 3.94. The molecule has 5 heteroatoms. The Hall–Kier alpha value is -0.200. The topological polar surface area (TPSA) is 101 Å². The Bertz CT molecular complexity index is 94.0. The lowest BCUT2D eigenvalue weighted by molar-refractivity contribution is -0.204. The van der Waals surface area contributed by atoms with Crippen LogP contribution in [0.5, 0.6) is 0 Å². The van der Waals surface area contributed by atoms with Crippen LogP contribution < -0.4 is 0 Å².